The van der Waals surface area contributed by atoms with Crippen LogP contribution in [0.4, 0.5) is 0 Å². The Morgan fingerprint density at radius 1 is 1.20 bits per heavy atom. The van der Waals surface area contributed by atoms with Gasteiger partial charge in [-0.05, 0) is 24.5 Å². The van der Waals surface area contributed by atoms with Gasteiger partial charge in [-0.25, -0.2) is 0 Å². The summed E-state index contributed by atoms with van der Waals surface area (Å²) in [4.78, 5) is 3.10. The van der Waals surface area contributed by atoms with E-state index in [1.165, 1.54) is 4.90 Å². The SMILES string of the molecule is CSc1ccc(S)c(S)c1. The lowest BCUT2D eigenvalue weighted by Gasteiger charge is -1.99. The van der Waals surface area contributed by atoms with E-state index in [1.54, 1.807) is 11.8 Å². The second-order valence-electron chi connectivity index (χ2n) is 1.85. The molecule has 0 aromatic heterocycles. The first-order chi connectivity index (χ1) is 4.74. The molecular weight excluding hydrogens is 180 g/mol. The van der Waals surface area contributed by atoms with Crippen LogP contribution in [-0.4, -0.2) is 6.26 Å². The Labute approximate surface area is 76.2 Å². The molecule has 0 aliphatic carbocycles. The molecule has 0 spiro atoms. The monoisotopic (exact) mass is 188 g/mol. The van der Waals surface area contributed by atoms with Gasteiger partial charge in [0.1, 0.15) is 0 Å². The lowest BCUT2D eigenvalue weighted by Crippen LogP contribution is -1.72. The molecule has 0 aliphatic rings. The molecule has 0 saturated carbocycles. The Hall–Kier alpha value is 0.270. The van der Waals surface area contributed by atoms with Crippen LogP contribution in [0.5, 0.6) is 0 Å². The average molecular weight is 188 g/mol. The summed E-state index contributed by atoms with van der Waals surface area (Å²) in [5.41, 5.74) is 0. The zero-order valence-corrected chi connectivity index (χ0v) is 8.14. The van der Waals surface area contributed by atoms with Gasteiger partial charge in [0.25, 0.3) is 0 Å². The molecule has 54 valence electrons. The van der Waals surface area contributed by atoms with Crippen molar-refractivity contribution in [3.05, 3.63) is 18.2 Å². The molecule has 0 saturated heterocycles. The van der Waals surface area contributed by atoms with E-state index < -0.39 is 0 Å². The van der Waals surface area contributed by atoms with Crippen molar-refractivity contribution in [1.29, 1.82) is 0 Å². The van der Waals surface area contributed by atoms with Gasteiger partial charge < -0.3 is 0 Å². The zero-order valence-electron chi connectivity index (χ0n) is 5.53. The first-order valence-corrected chi connectivity index (χ1v) is 4.92. The molecule has 0 amide bonds. The fourth-order valence-corrected chi connectivity index (χ4v) is 1.51. The molecule has 0 N–H and O–H groups in total. The van der Waals surface area contributed by atoms with E-state index in [1.807, 2.05) is 24.5 Å². The number of thioether (sulfide) groups is 1. The zero-order chi connectivity index (χ0) is 7.56. The Kier molecular flexibility index (Phi) is 3.01. The molecule has 0 heterocycles. The predicted molar refractivity (Wildman–Crippen MR) is 52.7 cm³/mol. The summed E-state index contributed by atoms with van der Waals surface area (Å²) in [6, 6.07) is 6.00. The van der Waals surface area contributed by atoms with Crippen molar-refractivity contribution in [2.24, 2.45) is 0 Å². The van der Waals surface area contributed by atoms with Gasteiger partial charge in [0.15, 0.2) is 0 Å². The standard InChI is InChI=1S/C7H8S3/c1-10-5-2-3-6(8)7(9)4-5/h2-4,8-9H,1H3. The number of benzene rings is 1. The summed E-state index contributed by atoms with van der Waals surface area (Å²) in [5.74, 6) is 0. The minimum absolute atomic E-state index is 0.932. The summed E-state index contributed by atoms with van der Waals surface area (Å²) >= 11 is 10.1. The van der Waals surface area contributed by atoms with Crippen LogP contribution < -0.4 is 0 Å². The minimum Gasteiger partial charge on any atom is -0.142 e. The lowest BCUT2D eigenvalue weighted by atomic mass is 10.4. The Morgan fingerprint density at radius 2 is 1.90 bits per heavy atom. The highest BCUT2D eigenvalue weighted by atomic mass is 32.2. The van der Waals surface area contributed by atoms with Crippen molar-refractivity contribution in [2.75, 3.05) is 6.26 Å². The molecule has 1 aromatic rings. The van der Waals surface area contributed by atoms with Gasteiger partial charge in [-0.15, -0.1) is 37.0 Å². The van der Waals surface area contributed by atoms with E-state index in [0.29, 0.717) is 0 Å². The van der Waals surface area contributed by atoms with Crippen molar-refractivity contribution in [1.82, 2.24) is 0 Å². The topological polar surface area (TPSA) is 0 Å². The van der Waals surface area contributed by atoms with Crippen molar-refractivity contribution < 1.29 is 0 Å². The summed E-state index contributed by atoms with van der Waals surface area (Å²) in [5, 5.41) is 0. The van der Waals surface area contributed by atoms with Crippen LogP contribution in [-0.2, 0) is 0 Å². The van der Waals surface area contributed by atoms with Gasteiger partial charge in [-0.3, -0.25) is 0 Å². The molecule has 1 aromatic carbocycles. The fourth-order valence-electron chi connectivity index (χ4n) is 0.630. The number of hydrogen-bond donors (Lipinski definition) is 2. The Balaban J connectivity index is 3.04. The highest BCUT2D eigenvalue weighted by Crippen LogP contribution is 2.23. The maximum Gasteiger partial charge on any atom is 0.0185 e. The van der Waals surface area contributed by atoms with Crippen molar-refractivity contribution in [3.63, 3.8) is 0 Å². The molecular formula is C7H8S3. The van der Waals surface area contributed by atoms with E-state index in [0.717, 1.165) is 9.79 Å². The first kappa shape index (κ1) is 8.37. The second-order valence-corrected chi connectivity index (χ2v) is 3.70. The second kappa shape index (κ2) is 3.60. The molecule has 0 nitrogen and oxygen atoms in total. The maximum absolute atomic E-state index is 4.23. The van der Waals surface area contributed by atoms with E-state index in [4.69, 9.17) is 0 Å². The summed E-state index contributed by atoms with van der Waals surface area (Å²) < 4.78 is 0. The number of rotatable bonds is 1. The van der Waals surface area contributed by atoms with Gasteiger partial charge in [-0.1, -0.05) is 0 Å². The molecule has 0 radical (unpaired) electrons. The van der Waals surface area contributed by atoms with Crippen LogP contribution in [0.25, 0.3) is 0 Å². The van der Waals surface area contributed by atoms with Crippen LogP contribution in [0, 0.1) is 0 Å². The minimum atomic E-state index is 0.932. The summed E-state index contributed by atoms with van der Waals surface area (Å²) in [7, 11) is 0. The summed E-state index contributed by atoms with van der Waals surface area (Å²) in [6.45, 7) is 0. The first-order valence-electron chi connectivity index (χ1n) is 2.80. The van der Waals surface area contributed by atoms with Gasteiger partial charge in [0, 0.05) is 14.7 Å². The van der Waals surface area contributed by atoms with E-state index in [2.05, 4.69) is 25.3 Å². The Morgan fingerprint density at radius 3 is 2.40 bits per heavy atom. The van der Waals surface area contributed by atoms with Crippen LogP contribution in [0.2, 0.25) is 0 Å². The van der Waals surface area contributed by atoms with E-state index >= 15 is 0 Å². The lowest BCUT2D eigenvalue weighted by molar-refractivity contribution is 1.20. The molecule has 10 heavy (non-hydrogen) atoms. The van der Waals surface area contributed by atoms with Crippen LogP contribution in [0.1, 0.15) is 0 Å². The average Bonchev–Trinajstić information content (AvgIpc) is 1.95. The van der Waals surface area contributed by atoms with Crippen molar-refractivity contribution in [3.8, 4) is 0 Å². The third kappa shape index (κ3) is 1.87. The molecule has 0 aliphatic heterocycles. The molecule has 0 unspecified atom stereocenters. The smallest absolute Gasteiger partial charge is 0.0185 e. The van der Waals surface area contributed by atoms with Crippen LogP contribution >= 0.6 is 37.0 Å². The summed E-state index contributed by atoms with van der Waals surface area (Å²) in [6.07, 6.45) is 2.04. The molecule has 0 atom stereocenters. The largest absolute Gasteiger partial charge is 0.142 e. The maximum atomic E-state index is 4.23. The van der Waals surface area contributed by atoms with Gasteiger partial charge in [0.2, 0.25) is 0 Å². The molecule has 1 rings (SSSR count). The highest BCUT2D eigenvalue weighted by Gasteiger charge is 1.94. The van der Waals surface area contributed by atoms with Crippen molar-refractivity contribution >= 4 is 37.0 Å². The van der Waals surface area contributed by atoms with Gasteiger partial charge in [0.05, 0.1) is 0 Å². The van der Waals surface area contributed by atoms with E-state index in [-0.39, 0.29) is 0 Å². The quantitative estimate of drug-likeness (QED) is 0.504. The van der Waals surface area contributed by atoms with E-state index in [9.17, 15) is 0 Å². The third-order valence-corrected chi connectivity index (χ3v) is 2.84. The fraction of sp³-hybridized carbons (Fsp3) is 0.143. The number of hydrogen-bond acceptors (Lipinski definition) is 3. The van der Waals surface area contributed by atoms with Gasteiger partial charge >= 0.3 is 0 Å². The predicted octanol–water partition coefficient (Wildman–Crippen LogP) is 2.99. The molecule has 0 bridgehead atoms. The molecule has 0 fully saturated rings. The van der Waals surface area contributed by atoms with Crippen molar-refractivity contribution in [2.45, 2.75) is 14.7 Å². The molecule has 3 heteroatoms. The highest BCUT2D eigenvalue weighted by molar-refractivity contribution is 7.98. The Bertz CT molecular complexity index is 232. The van der Waals surface area contributed by atoms with Crippen LogP contribution in [0.15, 0.2) is 32.9 Å². The number of thiol groups is 2. The van der Waals surface area contributed by atoms with Gasteiger partial charge in [-0.2, -0.15) is 0 Å². The third-order valence-electron chi connectivity index (χ3n) is 1.18. The normalized spacial score (nSPS) is 9.90. The van der Waals surface area contributed by atoms with Crippen LogP contribution in [0.3, 0.4) is 0 Å².